The Balaban J connectivity index is 1.26. The Hall–Kier alpha value is -3.20. The predicted molar refractivity (Wildman–Crippen MR) is 101 cm³/mol. The topological polar surface area (TPSA) is 95.5 Å². The SMILES string of the molecule is Cn1ccnc1C(=O)C1CCCN(Cc2nc(-c3ccc4c(c3)OCO4)no2)C1. The highest BCUT2D eigenvalue weighted by Crippen LogP contribution is 2.35. The van der Waals surface area contributed by atoms with Crippen LogP contribution in [0.2, 0.25) is 0 Å². The molecule has 2 aliphatic rings. The number of carbonyl (C=O) groups excluding carboxylic acids is 1. The van der Waals surface area contributed by atoms with E-state index < -0.39 is 0 Å². The van der Waals surface area contributed by atoms with Gasteiger partial charge in [0.2, 0.25) is 24.3 Å². The average molecular weight is 395 g/mol. The van der Waals surface area contributed by atoms with E-state index in [1.54, 1.807) is 17.0 Å². The van der Waals surface area contributed by atoms with Crippen molar-refractivity contribution in [1.82, 2.24) is 24.6 Å². The number of fused-ring (bicyclic) bond motifs is 1. The number of aryl methyl sites for hydroxylation is 1. The molecule has 29 heavy (non-hydrogen) atoms. The van der Waals surface area contributed by atoms with Crippen molar-refractivity contribution < 1.29 is 18.8 Å². The van der Waals surface area contributed by atoms with Crippen LogP contribution in [-0.4, -0.2) is 50.3 Å². The number of imidazole rings is 1. The summed E-state index contributed by atoms with van der Waals surface area (Å²) in [6, 6.07) is 5.57. The van der Waals surface area contributed by atoms with E-state index >= 15 is 0 Å². The lowest BCUT2D eigenvalue weighted by atomic mass is 9.93. The number of nitrogens with zero attached hydrogens (tertiary/aromatic N) is 5. The van der Waals surface area contributed by atoms with Gasteiger partial charge >= 0.3 is 0 Å². The lowest BCUT2D eigenvalue weighted by Gasteiger charge is -2.30. The molecule has 5 rings (SSSR count). The zero-order valence-electron chi connectivity index (χ0n) is 16.1. The summed E-state index contributed by atoms with van der Waals surface area (Å²) in [5.41, 5.74) is 0.811. The number of ether oxygens (including phenoxy) is 2. The summed E-state index contributed by atoms with van der Waals surface area (Å²) in [5, 5.41) is 4.09. The van der Waals surface area contributed by atoms with Gasteiger partial charge in [0.25, 0.3) is 0 Å². The van der Waals surface area contributed by atoms with E-state index in [4.69, 9.17) is 14.0 Å². The molecule has 0 bridgehead atoms. The summed E-state index contributed by atoms with van der Waals surface area (Å²) < 4.78 is 18.0. The fourth-order valence-electron chi connectivity index (χ4n) is 3.86. The minimum Gasteiger partial charge on any atom is -0.454 e. The molecule has 9 nitrogen and oxygen atoms in total. The lowest BCUT2D eigenvalue weighted by Crippen LogP contribution is -2.39. The van der Waals surface area contributed by atoms with Gasteiger partial charge in [-0.05, 0) is 37.6 Å². The van der Waals surface area contributed by atoms with E-state index in [0.29, 0.717) is 42.1 Å². The molecule has 150 valence electrons. The molecule has 2 aliphatic heterocycles. The van der Waals surface area contributed by atoms with Crippen LogP contribution in [-0.2, 0) is 13.6 Å². The van der Waals surface area contributed by atoms with Gasteiger partial charge in [0.05, 0.1) is 6.54 Å². The van der Waals surface area contributed by atoms with Crippen molar-refractivity contribution in [1.29, 1.82) is 0 Å². The fraction of sp³-hybridized carbons (Fsp3) is 0.400. The zero-order valence-corrected chi connectivity index (χ0v) is 16.1. The van der Waals surface area contributed by atoms with Crippen molar-refractivity contribution in [2.45, 2.75) is 19.4 Å². The molecule has 3 aromatic rings. The highest BCUT2D eigenvalue weighted by molar-refractivity contribution is 5.94. The number of aromatic nitrogens is 4. The third-order valence-corrected chi connectivity index (χ3v) is 5.38. The van der Waals surface area contributed by atoms with E-state index in [1.807, 2.05) is 25.2 Å². The van der Waals surface area contributed by atoms with Gasteiger partial charge in [-0.2, -0.15) is 4.98 Å². The normalized spacial score (nSPS) is 18.9. The Morgan fingerprint density at radius 2 is 2.17 bits per heavy atom. The first-order valence-electron chi connectivity index (χ1n) is 9.64. The zero-order chi connectivity index (χ0) is 19.8. The third kappa shape index (κ3) is 3.49. The van der Waals surface area contributed by atoms with Crippen molar-refractivity contribution in [2.75, 3.05) is 19.9 Å². The first-order valence-corrected chi connectivity index (χ1v) is 9.64. The summed E-state index contributed by atoms with van der Waals surface area (Å²) in [6.07, 6.45) is 5.27. The molecular weight excluding hydrogens is 374 g/mol. The molecule has 0 amide bonds. The third-order valence-electron chi connectivity index (χ3n) is 5.38. The van der Waals surface area contributed by atoms with E-state index in [1.165, 1.54) is 0 Å². The molecule has 0 radical (unpaired) electrons. The van der Waals surface area contributed by atoms with E-state index in [2.05, 4.69) is 20.0 Å². The van der Waals surface area contributed by atoms with Gasteiger partial charge < -0.3 is 18.6 Å². The van der Waals surface area contributed by atoms with Crippen LogP contribution in [0.25, 0.3) is 11.4 Å². The summed E-state index contributed by atoms with van der Waals surface area (Å²) in [4.78, 5) is 23.7. The van der Waals surface area contributed by atoms with Gasteiger partial charge in [-0.25, -0.2) is 4.98 Å². The number of piperidine rings is 1. The van der Waals surface area contributed by atoms with Gasteiger partial charge in [-0.15, -0.1) is 0 Å². The van der Waals surface area contributed by atoms with Crippen molar-refractivity contribution in [3.05, 3.63) is 42.3 Å². The largest absolute Gasteiger partial charge is 0.454 e. The summed E-state index contributed by atoms with van der Waals surface area (Å²) in [7, 11) is 1.84. The maximum absolute atomic E-state index is 12.8. The van der Waals surface area contributed by atoms with Crippen molar-refractivity contribution >= 4 is 5.78 Å². The number of benzene rings is 1. The number of hydrogen-bond acceptors (Lipinski definition) is 8. The first-order chi connectivity index (χ1) is 14.2. The van der Waals surface area contributed by atoms with Crippen LogP contribution in [0.4, 0.5) is 0 Å². The van der Waals surface area contributed by atoms with Gasteiger partial charge in [0.15, 0.2) is 17.3 Å². The maximum atomic E-state index is 12.8. The van der Waals surface area contributed by atoms with Gasteiger partial charge in [0.1, 0.15) is 0 Å². The highest BCUT2D eigenvalue weighted by atomic mass is 16.7. The molecule has 4 heterocycles. The molecule has 9 heteroatoms. The summed E-state index contributed by atoms with van der Waals surface area (Å²) in [5.74, 6) is 2.98. The standard InChI is InChI=1S/C20H21N5O4/c1-24-8-6-21-20(24)18(26)14-3-2-7-25(10-14)11-17-22-19(23-29-17)13-4-5-15-16(9-13)28-12-27-15/h4-6,8-9,14H,2-3,7,10-12H2,1H3. The molecule has 1 unspecified atom stereocenters. The molecular formula is C20H21N5O4. The fourth-order valence-corrected chi connectivity index (χ4v) is 3.86. The number of Topliss-reactive ketones (excluding diaryl/α,β-unsaturated/α-hetero) is 1. The Morgan fingerprint density at radius 1 is 1.28 bits per heavy atom. The summed E-state index contributed by atoms with van der Waals surface area (Å²) >= 11 is 0. The Kier molecular flexibility index (Phi) is 4.51. The second kappa shape index (κ2) is 7.32. The monoisotopic (exact) mass is 395 g/mol. The average Bonchev–Trinajstić information content (AvgIpc) is 3.48. The Labute approximate surface area is 167 Å². The van der Waals surface area contributed by atoms with E-state index in [-0.39, 0.29) is 18.5 Å². The number of hydrogen-bond donors (Lipinski definition) is 0. The van der Waals surface area contributed by atoms with Crippen LogP contribution in [0.3, 0.4) is 0 Å². The van der Waals surface area contributed by atoms with Crippen LogP contribution in [0, 0.1) is 5.92 Å². The first kappa shape index (κ1) is 17.9. The molecule has 1 aromatic carbocycles. The second-order valence-corrected chi connectivity index (χ2v) is 7.38. The quantitative estimate of drug-likeness (QED) is 0.607. The van der Waals surface area contributed by atoms with Crippen molar-refractivity contribution in [3.8, 4) is 22.9 Å². The van der Waals surface area contributed by atoms with Crippen LogP contribution in [0.5, 0.6) is 11.5 Å². The van der Waals surface area contributed by atoms with Crippen LogP contribution < -0.4 is 9.47 Å². The lowest BCUT2D eigenvalue weighted by molar-refractivity contribution is 0.0783. The molecule has 1 atom stereocenters. The second-order valence-electron chi connectivity index (χ2n) is 7.38. The number of rotatable bonds is 5. The number of ketones is 1. The molecule has 2 aromatic heterocycles. The molecule has 1 fully saturated rings. The molecule has 0 spiro atoms. The van der Waals surface area contributed by atoms with Crippen LogP contribution >= 0.6 is 0 Å². The van der Waals surface area contributed by atoms with Crippen LogP contribution in [0.15, 0.2) is 35.1 Å². The molecule has 0 aliphatic carbocycles. The minimum absolute atomic E-state index is 0.0684. The smallest absolute Gasteiger partial charge is 0.241 e. The maximum Gasteiger partial charge on any atom is 0.241 e. The van der Waals surface area contributed by atoms with Crippen molar-refractivity contribution in [2.24, 2.45) is 13.0 Å². The number of likely N-dealkylation sites (tertiary alicyclic amines) is 1. The number of carbonyl (C=O) groups is 1. The molecule has 0 N–H and O–H groups in total. The van der Waals surface area contributed by atoms with Gasteiger partial charge in [0, 0.05) is 37.5 Å². The Morgan fingerprint density at radius 3 is 3.03 bits per heavy atom. The molecule has 1 saturated heterocycles. The molecule has 0 saturated carbocycles. The summed E-state index contributed by atoms with van der Waals surface area (Å²) in [6.45, 7) is 2.30. The van der Waals surface area contributed by atoms with Crippen molar-refractivity contribution in [3.63, 3.8) is 0 Å². The van der Waals surface area contributed by atoms with E-state index in [0.717, 1.165) is 24.9 Å². The van der Waals surface area contributed by atoms with Gasteiger partial charge in [-0.3, -0.25) is 9.69 Å². The minimum atomic E-state index is -0.0684. The highest BCUT2D eigenvalue weighted by Gasteiger charge is 2.29. The van der Waals surface area contributed by atoms with Crippen LogP contribution in [0.1, 0.15) is 29.4 Å². The Bertz CT molecular complexity index is 1040. The predicted octanol–water partition coefficient (Wildman–Crippen LogP) is 2.29. The van der Waals surface area contributed by atoms with E-state index in [9.17, 15) is 4.79 Å². The van der Waals surface area contributed by atoms with Gasteiger partial charge in [-0.1, -0.05) is 5.16 Å².